The second-order valence-electron chi connectivity index (χ2n) is 5.14. The van der Waals surface area contributed by atoms with Crippen LogP contribution >= 0.6 is 0 Å². The van der Waals surface area contributed by atoms with Gasteiger partial charge in [-0.15, -0.1) is 6.42 Å². The summed E-state index contributed by atoms with van der Waals surface area (Å²) in [5.41, 5.74) is 0. The smallest absolute Gasteiger partial charge is 0.317 e. The van der Waals surface area contributed by atoms with Gasteiger partial charge in [-0.1, -0.05) is 77.1 Å². The summed E-state index contributed by atoms with van der Waals surface area (Å²) >= 11 is 0. The topological polar surface area (TPSA) is 26.3 Å². The van der Waals surface area contributed by atoms with E-state index >= 15 is 0 Å². The lowest BCUT2D eigenvalue weighted by atomic mass is 10.1. The van der Waals surface area contributed by atoms with Crippen molar-refractivity contribution in [3.05, 3.63) is 0 Å². The number of rotatable bonds is 13. The van der Waals surface area contributed by atoms with Gasteiger partial charge < -0.3 is 4.74 Å². The van der Waals surface area contributed by atoms with Crippen molar-refractivity contribution in [2.45, 2.75) is 84.0 Å². The molecule has 0 atom stereocenters. The van der Waals surface area contributed by atoms with E-state index in [1.165, 1.54) is 57.8 Å². The van der Waals surface area contributed by atoms with E-state index in [0.29, 0.717) is 6.61 Å². The SMILES string of the molecule is C#CCC(=O)OCCCCCCCCCCCCC. The average Bonchev–Trinajstić information content (AvgIpc) is 2.40. The quantitative estimate of drug-likeness (QED) is 0.270. The number of hydrogen-bond acceptors (Lipinski definition) is 2. The highest BCUT2D eigenvalue weighted by atomic mass is 16.5. The minimum Gasteiger partial charge on any atom is -0.465 e. The minimum absolute atomic E-state index is 0.0953. The molecule has 0 rings (SSSR count). The molecule has 110 valence electrons. The van der Waals surface area contributed by atoms with Crippen LogP contribution in [-0.2, 0) is 9.53 Å². The predicted octanol–water partition coefficient (Wildman–Crippen LogP) is 4.86. The highest BCUT2D eigenvalue weighted by molar-refractivity contribution is 5.72. The number of hydrogen-bond donors (Lipinski definition) is 0. The lowest BCUT2D eigenvalue weighted by molar-refractivity contribution is -0.142. The van der Waals surface area contributed by atoms with Crippen molar-refractivity contribution < 1.29 is 9.53 Å². The average molecular weight is 266 g/mol. The van der Waals surface area contributed by atoms with Gasteiger partial charge in [0, 0.05) is 0 Å². The van der Waals surface area contributed by atoms with E-state index in [-0.39, 0.29) is 12.4 Å². The molecule has 0 aromatic carbocycles. The molecule has 0 heterocycles. The second-order valence-corrected chi connectivity index (χ2v) is 5.14. The normalized spacial score (nSPS) is 10.1. The molecule has 2 nitrogen and oxygen atoms in total. The van der Waals surface area contributed by atoms with Crippen molar-refractivity contribution in [3.63, 3.8) is 0 Å². The fraction of sp³-hybridized carbons (Fsp3) is 0.824. The fourth-order valence-corrected chi connectivity index (χ4v) is 2.09. The maximum absolute atomic E-state index is 11.0. The Morgan fingerprint density at radius 1 is 0.895 bits per heavy atom. The molecule has 0 spiro atoms. The first-order chi connectivity index (χ1) is 9.31. The molecule has 19 heavy (non-hydrogen) atoms. The zero-order valence-corrected chi connectivity index (χ0v) is 12.6. The lowest BCUT2D eigenvalue weighted by Gasteiger charge is -2.03. The van der Waals surface area contributed by atoms with E-state index in [0.717, 1.165) is 12.8 Å². The van der Waals surface area contributed by atoms with Crippen molar-refractivity contribution in [1.82, 2.24) is 0 Å². The van der Waals surface area contributed by atoms with Crippen LogP contribution in [-0.4, -0.2) is 12.6 Å². The highest BCUT2D eigenvalue weighted by Gasteiger charge is 1.98. The summed E-state index contributed by atoms with van der Waals surface area (Å²) in [4.78, 5) is 11.0. The summed E-state index contributed by atoms with van der Waals surface area (Å²) < 4.78 is 4.98. The van der Waals surface area contributed by atoms with Gasteiger partial charge >= 0.3 is 5.97 Å². The van der Waals surface area contributed by atoms with E-state index in [4.69, 9.17) is 11.2 Å². The van der Waals surface area contributed by atoms with Crippen molar-refractivity contribution in [1.29, 1.82) is 0 Å². The molecule has 0 aromatic rings. The van der Waals surface area contributed by atoms with E-state index in [1.807, 2.05) is 0 Å². The van der Waals surface area contributed by atoms with Crippen LogP contribution in [0.2, 0.25) is 0 Å². The van der Waals surface area contributed by atoms with Gasteiger partial charge in [-0.3, -0.25) is 4.79 Å². The molecule has 0 bridgehead atoms. The molecule has 2 heteroatoms. The van der Waals surface area contributed by atoms with E-state index < -0.39 is 0 Å². The summed E-state index contributed by atoms with van der Waals surface area (Å²) in [6.45, 7) is 2.78. The predicted molar refractivity (Wildman–Crippen MR) is 80.9 cm³/mol. The summed E-state index contributed by atoms with van der Waals surface area (Å²) in [7, 11) is 0. The molecule has 0 N–H and O–H groups in total. The van der Waals surface area contributed by atoms with Gasteiger partial charge in [0.05, 0.1) is 6.61 Å². The Bertz CT molecular complexity index is 240. The van der Waals surface area contributed by atoms with Crippen LogP contribution in [0.15, 0.2) is 0 Å². The fourth-order valence-electron chi connectivity index (χ4n) is 2.09. The third kappa shape index (κ3) is 15.0. The Kier molecular flexibility index (Phi) is 14.3. The standard InChI is InChI=1S/C17H30O2/c1-3-5-6-7-8-9-10-11-12-13-14-16-19-17(18)15-4-2/h2H,3,5-16H2,1H3. The Balaban J connectivity index is 3.03. The van der Waals surface area contributed by atoms with Crippen molar-refractivity contribution in [2.75, 3.05) is 6.61 Å². The van der Waals surface area contributed by atoms with E-state index in [1.54, 1.807) is 0 Å². The van der Waals surface area contributed by atoms with Crippen LogP contribution < -0.4 is 0 Å². The molecular weight excluding hydrogens is 236 g/mol. The largest absolute Gasteiger partial charge is 0.465 e. The van der Waals surface area contributed by atoms with E-state index in [9.17, 15) is 4.79 Å². The number of terminal acetylenes is 1. The molecule has 0 aromatic heterocycles. The maximum atomic E-state index is 11.0. The summed E-state index contributed by atoms with van der Waals surface area (Å²) in [5.74, 6) is 2.02. The summed E-state index contributed by atoms with van der Waals surface area (Å²) in [6.07, 6.45) is 19.4. The Labute approximate surface area is 119 Å². The molecule has 0 saturated heterocycles. The van der Waals surface area contributed by atoms with Crippen molar-refractivity contribution >= 4 is 5.97 Å². The van der Waals surface area contributed by atoms with Gasteiger partial charge in [-0.2, -0.15) is 0 Å². The highest BCUT2D eigenvalue weighted by Crippen LogP contribution is 2.11. The zero-order chi connectivity index (χ0) is 14.2. The third-order valence-corrected chi connectivity index (χ3v) is 3.26. The maximum Gasteiger partial charge on any atom is 0.317 e. The number of esters is 1. The lowest BCUT2D eigenvalue weighted by Crippen LogP contribution is -2.04. The van der Waals surface area contributed by atoms with Crippen LogP contribution in [0.25, 0.3) is 0 Å². The molecule has 0 fully saturated rings. The molecule has 0 aliphatic rings. The number of carbonyl (C=O) groups excluding carboxylic acids is 1. The molecule has 0 unspecified atom stereocenters. The van der Waals surface area contributed by atoms with Crippen LogP contribution in [0.1, 0.15) is 84.0 Å². The first-order valence-electron chi connectivity index (χ1n) is 7.90. The number of unbranched alkanes of at least 4 members (excludes halogenated alkanes) is 10. The van der Waals surface area contributed by atoms with Crippen LogP contribution in [0.3, 0.4) is 0 Å². The van der Waals surface area contributed by atoms with Crippen LogP contribution in [0.4, 0.5) is 0 Å². The van der Waals surface area contributed by atoms with Gasteiger partial charge in [0.15, 0.2) is 0 Å². The first kappa shape index (κ1) is 18.0. The van der Waals surface area contributed by atoms with Crippen molar-refractivity contribution in [3.8, 4) is 12.3 Å². The third-order valence-electron chi connectivity index (χ3n) is 3.26. The van der Waals surface area contributed by atoms with Crippen LogP contribution in [0.5, 0.6) is 0 Å². The molecule has 0 saturated carbocycles. The number of ether oxygens (including phenoxy) is 1. The Hall–Kier alpha value is -0.970. The Morgan fingerprint density at radius 3 is 1.84 bits per heavy atom. The summed E-state index contributed by atoms with van der Waals surface area (Å²) in [5, 5.41) is 0. The molecular formula is C17H30O2. The van der Waals surface area contributed by atoms with Crippen molar-refractivity contribution in [2.24, 2.45) is 0 Å². The molecule has 0 aliphatic heterocycles. The first-order valence-corrected chi connectivity index (χ1v) is 7.90. The molecule has 0 radical (unpaired) electrons. The summed E-state index contributed by atoms with van der Waals surface area (Å²) in [6, 6.07) is 0. The van der Waals surface area contributed by atoms with Gasteiger partial charge in [0.25, 0.3) is 0 Å². The Morgan fingerprint density at radius 2 is 1.37 bits per heavy atom. The van der Waals surface area contributed by atoms with Gasteiger partial charge in [0.2, 0.25) is 0 Å². The minimum atomic E-state index is -0.269. The number of carbonyl (C=O) groups is 1. The zero-order valence-electron chi connectivity index (χ0n) is 12.6. The van der Waals surface area contributed by atoms with E-state index in [2.05, 4.69) is 12.8 Å². The molecule has 0 amide bonds. The van der Waals surface area contributed by atoms with Gasteiger partial charge in [-0.05, 0) is 6.42 Å². The van der Waals surface area contributed by atoms with Gasteiger partial charge in [0.1, 0.15) is 6.42 Å². The van der Waals surface area contributed by atoms with Gasteiger partial charge in [-0.25, -0.2) is 0 Å². The van der Waals surface area contributed by atoms with Crippen LogP contribution in [0, 0.1) is 12.3 Å². The second kappa shape index (κ2) is 15.1. The molecule has 0 aliphatic carbocycles. The monoisotopic (exact) mass is 266 g/mol.